The summed E-state index contributed by atoms with van der Waals surface area (Å²) in [6.07, 6.45) is 4.66. The number of unbranched alkanes of at least 4 members (excludes halogenated alkanes) is 2. The smallest absolute Gasteiger partial charge is 0.219 e. The van der Waals surface area contributed by atoms with Crippen LogP contribution in [0.15, 0.2) is 0 Å². The van der Waals surface area contributed by atoms with E-state index in [1.54, 1.807) is 7.05 Å². The highest BCUT2D eigenvalue weighted by atomic mass is 16.1. The van der Waals surface area contributed by atoms with E-state index in [-0.39, 0.29) is 5.91 Å². The van der Waals surface area contributed by atoms with Gasteiger partial charge in [0.1, 0.15) is 5.78 Å². The lowest BCUT2D eigenvalue weighted by Crippen LogP contribution is -2.16. The molecule has 0 aromatic carbocycles. The molecular weight excluding hydrogens is 166 g/mol. The number of Topliss-reactive ketones (excluding diaryl/α,β-unsaturated/α-hetero) is 1. The summed E-state index contributed by atoms with van der Waals surface area (Å²) in [7, 11) is 1.64. The maximum Gasteiger partial charge on any atom is 0.219 e. The minimum absolute atomic E-state index is 0.0850. The largest absolute Gasteiger partial charge is 0.359 e. The van der Waals surface area contributed by atoms with Crippen molar-refractivity contribution in [3.8, 4) is 0 Å². The Labute approximate surface area is 79.9 Å². The molecule has 0 radical (unpaired) electrons. The minimum Gasteiger partial charge on any atom is -0.359 e. The Hall–Kier alpha value is -0.860. The molecule has 3 heteroatoms. The fourth-order valence-electron chi connectivity index (χ4n) is 1.09. The second kappa shape index (κ2) is 7.77. The molecule has 0 heterocycles. The summed E-state index contributed by atoms with van der Waals surface area (Å²) >= 11 is 0. The molecule has 0 saturated carbocycles. The van der Waals surface area contributed by atoms with E-state index in [2.05, 4.69) is 5.32 Å². The van der Waals surface area contributed by atoms with Crippen LogP contribution >= 0.6 is 0 Å². The van der Waals surface area contributed by atoms with Crippen LogP contribution in [0.25, 0.3) is 0 Å². The highest BCUT2D eigenvalue weighted by molar-refractivity contribution is 5.78. The summed E-state index contributed by atoms with van der Waals surface area (Å²) < 4.78 is 0. The Morgan fingerprint density at radius 2 is 1.69 bits per heavy atom. The first-order chi connectivity index (χ1) is 6.20. The first-order valence-corrected chi connectivity index (χ1v) is 4.93. The number of carbonyl (C=O) groups is 2. The van der Waals surface area contributed by atoms with Crippen LogP contribution in [-0.2, 0) is 9.59 Å². The van der Waals surface area contributed by atoms with E-state index in [0.717, 1.165) is 19.3 Å². The zero-order chi connectivity index (χ0) is 10.1. The normalized spacial score (nSPS) is 9.69. The highest BCUT2D eigenvalue weighted by Gasteiger charge is 1.99. The van der Waals surface area contributed by atoms with E-state index < -0.39 is 0 Å². The van der Waals surface area contributed by atoms with E-state index >= 15 is 0 Å². The quantitative estimate of drug-likeness (QED) is 0.613. The monoisotopic (exact) mass is 185 g/mol. The third kappa shape index (κ3) is 7.50. The van der Waals surface area contributed by atoms with Gasteiger partial charge < -0.3 is 5.32 Å². The zero-order valence-electron chi connectivity index (χ0n) is 8.56. The molecule has 3 nitrogen and oxygen atoms in total. The average Bonchev–Trinajstić information content (AvgIpc) is 2.16. The molecule has 0 aromatic heterocycles. The lowest BCUT2D eigenvalue weighted by Gasteiger charge is -1.99. The Kier molecular flexibility index (Phi) is 7.26. The van der Waals surface area contributed by atoms with E-state index in [4.69, 9.17) is 0 Å². The van der Waals surface area contributed by atoms with Crippen LogP contribution < -0.4 is 5.32 Å². The molecule has 76 valence electrons. The van der Waals surface area contributed by atoms with Gasteiger partial charge in [-0.15, -0.1) is 0 Å². The Morgan fingerprint density at radius 1 is 1.08 bits per heavy atom. The minimum atomic E-state index is 0.0850. The Bertz CT molecular complexity index is 148. The van der Waals surface area contributed by atoms with E-state index in [0.29, 0.717) is 25.0 Å². The van der Waals surface area contributed by atoms with Gasteiger partial charge in [-0.05, 0) is 12.8 Å². The van der Waals surface area contributed by atoms with Crippen molar-refractivity contribution in [2.75, 3.05) is 7.05 Å². The van der Waals surface area contributed by atoms with Crippen molar-refractivity contribution in [1.29, 1.82) is 0 Å². The predicted molar refractivity (Wildman–Crippen MR) is 52.4 cm³/mol. The third-order valence-corrected chi connectivity index (χ3v) is 2.03. The summed E-state index contributed by atoms with van der Waals surface area (Å²) in [5.41, 5.74) is 0. The second-order valence-corrected chi connectivity index (χ2v) is 3.13. The van der Waals surface area contributed by atoms with Gasteiger partial charge in [-0.2, -0.15) is 0 Å². The van der Waals surface area contributed by atoms with Gasteiger partial charge in [0, 0.05) is 26.3 Å². The van der Waals surface area contributed by atoms with Gasteiger partial charge in [0.05, 0.1) is 0 Å². The first-order valence-electron chi connectivity index (χ1n) is 4.93. The fourth-order valence-corrected chi connectivity index (χ4v) is 1.09. The molecule has 0 unspecified atom stereocenters. The van der Waals surface area contributed by atoms with E-state index in [1.807, 2.05) is 6.92 Å². The third-order valence-electron chi connectivity index (χ3n) is 2.03. The van der Waals surface area contributed by atoms with Crippen LogP contribution in [0, 0.1) is 0 Å². The summed E-state index contributed by atoms with van der Waals surface area (Å²) in [5.74, 6) is 0.404. The topological polar surface area (TPSA) is 46.2 Å². The van der Waals surface area contributed by atoms with Gasteiger partial charge in [0.2, 0.25) is 5.91 Å². The van der Waals surface area contributed by atoms with Crippen molar-refractivity contribution < 1.29 is 9.59 Å². The molecule has 0 saturated heterocycles. The molecule has 0 rings (SSSR count). The number of nitrogens with one attached hydrogen (secondary N) is 1. The van der Waals surface area contributed by atoms with Crippen molar-refractivity contribution in [2.45, 2.75) is 45.4 Å². The standard InChI is InChI=1S/C10H19NO2/c1-3-9(12)7-5-4-6-8-10(13)11-2/h3-8H2,1-2H3,(H,11,13). The maximum atomic E-state index is 10.9. The fraction of sp³-hybridized carbons (Fsp3) is 0.800. The van der Waals surface area contributed by atoms with Crippen molar-refractivity contribution in [3.05, 3.63) is 0 Å². The van der Waals surface area contributed by atoms with Crippen molar-refractivity contribution in [2.24, 2.45) is 0 Å². The molecule has 1 amide bonds. The molecular formula is C10H19NO2. The molecule has 0 aromatic rings. The lowest BCUT2D eigenvalue weighted by molar-refractivity contribution is -0.120. The number of carbonyl (C=O) groups excluding carboxylic acids is 2. The summed E-state index contributed by atoms with van der Waals surface area (Å²) in [6, 6.07) is 0. The van der Waals surface area contributed by atoms with Crippen molar-refractivity contribution in [3.63, 3.8) is 0 Å². The van der Waals surface area contributed by atoms with Gasteiger partial charge >= 0.3 is 0 Å². The van der Waals surface area contributed by atoms with Crippen LogP contribution in [0.3, 0.4) is 0 Å². The molecule has 0 aliphatic rings. The Morgan fingerprint density at radius 3 is 2.23 bits per heavy atom. The average molecular weight is 185 g/mol. The number of hydrogen-bond donors (Lipinski definition) is 1. The molecule has 0 bridgehead atoms. The van der Waals surface area contributed by atoms with Crippen LogP contribution in [-0.4, -0.2) is 18.7 Å². The Balaban J connectivity index is 3.17. The number of ketones is 1. The summed E-state index contributed by atoms with van der Waals surface area (Å²) in [4.78, 5) is 21.7. The van der Waals surface area contributed by atoms with Crippen molar-refractivity contribution in [1.82, 2.24) is 5.32 Å². The van der Waals surface area contributed by atoms with Crippen LogP contribution in [0.2, 0.25) is 0 Å². The molecule has 13 heavy (non-hydrogen) atoms. The van der Waals surface area contributed by atoms with Crippen LogP contribution in [0.1, 0.15) is 45.4 Å². The maximum absolute atomic E-state index is 10.9. The van der Waals surface area contributed by atoms with Gasteiger partial charge in [-0.25, -0.2) is 0 Å². The number of hydrogen-bond acceptors (Lipinski definition) is 2. The van der Waals surface area contributed by atoms with Gasteiger partial charge in [0.15, 0.2) is 0 Å². The molecule has 0 spiro atoms. The van der Waals surface area contributed by atoms with E-state index in [9.17, 15) is 9.59 Å². The first kappa shape index (κ1) is 12.1. The molecule has 0 atom stereocenters. The van der Waals surface area contributed by atoms with Crippen LogP contribution in [0.5, 0.6) is 0 Å². The van der Waals surface area contributed by atoms with Gasteiger partial charge in [-0.3, -0.25) is 9.59 Å². The van der Waals surface area contributed by atoms with Gasteiger partial charge in [0.25, 0.3) is 0 Å². The predicted octanol–water partition coefficient (Wildman–Crippen LogP) is 1.66. The number of rotatable bonds is 7. The zero-order valence-corrected chi connectivity index (χ0v) is 8.56. The highest BCUT2D eigenvalue weighted by Crippen LogP contribution is 2.04. The summed E-state index contributed by atoms with van der Waals surface area (Å²) in [5, 5.41) is 2.57. The van der Waals surface area contributed by atoms with Gasteiger partial charge in [-0.1, -0.05) is 13.3 Å². The van der Waals surface area contributed by atoms with Crippen LogP contribution in [0.4, 0.5) is 0 Å². The second-order valence-electron chi connectivity index (χ2n) is 3.13. The molecule has 1 N–H and O–H groups in total. The SMILES string of the molecule is CCC(=O)CCCCCC(=O)NC. The van der Waals surface area contributed by atoms with E-state index in [1.165, 1.54) is 0 Å². The summed E-state index contributed by atoms with van der Waals surface area (Å²) in [6.45, 7) is 1.88. The lowest BCUT2D eigenvalue weighted by atomic mass is 10.1. The number of amides is 1. The molecule has 0 fully saturated rings. The molecule has 0 aliphatic carbocycles. The molecule has 0 aliphatic heterocycles. The van der Waals surface area contributed by atoms with Crippen molar-refractivity contribution >= 4 is 11.7 Å².